The lowest BCUT2D eigenvalue weighted by molar-refractivity contribution is -0.162. The number of benzene rings is 1. The van der Waals surface area contributed by atoms with Gasteiger partial charge in [-0.05, 0) is 38.8 Å². The summed E-state index contributed by atoms with van der Waals surface area (Å²) in [5.74, 6) is -3.58. The number of amides is 2. The summed E-state index contributed by atoms with van der Waals surface area (Å²) < 4.78 is 39.3. The molecular weight excluding hydrogens is 382 g/mol. The van der Waals surface area contributed by atoms with Crippen molar-refractivity contribution in [3.8, 4) is 0 Å². The van der Waals surface area contributed by atoms with Gasteiger partial charge in [0.25, 0.3) is 5.91 Å². The minimum Gasteiger partial charge on any atom is -0.351 e. The first-order valence-electron chi connectivity index (χ1n) is 10.2. The van der Waals surface area contributed by atoms with Crippen LogP contribution in [0.2, 0.25) is 0 Å². The molecule has 4 rings (SSSR count). The van der Waals surface area contributed by atoms with Crippen LogP contribution < -0.4 is 5.32 Å². The molecule has 158 valence electrons. The zero-order valence-electron chi connectivity index (χ0n) is 16.6. The summed E-state index contributed by atoms with van der Waals surface area (Å²) >= 11 is 0. The van der Waals surface area contributed by atoms with Gasteiger partial charge in [0.2, 0.25) is 5.91 Å². The molecule has 0 spiro atoms. The van der Waals surface area contributed by atoms with Crippen LogP contribution in [0.5, 0.6) is 0 Å². The highest BCUT2D eigenvalue weighted by molar-refractivity contribution is 5.98. The quantitative estimate of drug-likeness (QED) is 0.835. The Hall–Kier alpha value is -2.06. The molecule has 29 heavy (non-hydrogen) atoms. The maximum absolute atomic E-state index is 14.2. The molecule has 1 aliphatic carbocycles. The normalized spacial score (nSPS) is 29.0. The molecule has 0 radical (unpaired) electrons. The minimum absolute atomic E-state index is 0.0603. The Morgan fingerprint density at radius 1 is 1.14 bits per heavy atom. The fraction of sp³-hybridized carbons (Fsp3) is 0.619. The number of nitrogens with one attached hydrogen (secondary N) is 1. The highest BCUT2D eigenvalue weighted by Gasteiger charge is 2.56. The number of rotatable bonds is 3. The summed E-state index contributed by atoms with van der Waals surface area (Å²) in [5, 5.41) is 3.04. The van der Waals surface area contributed by atoms with Crippen LogP contribution >= 0.6 is 0 Å². The topological polar surface area (TPSA) is 67.9 Å². The van der Waals surface area contributed by atoms with Crippen molar-refractivity contribution in [3.63, 3.8) is 0 Å². The zero-order chi connectivity index (χ0) is 20.8. The van der Waals surface area contributed by atoms with Gasteiger partial charge in [0.05, 0.1) is 12.1 Å². The molecule has 3 fully saturated rings. The van der Waals surface area contributed by atoms with Gasteiger partial charge < -0.3 is 19.7 Å². The number of ether oxygens (including phenoxy) is 2. The van der Waals surface area contributed by atoms with Gasteiger partial charge in [-0.3, -0.25) is 9.59 Å². The average Bonchev–Trinajstić information content (AvgIpc) is 3.13. The van der Waals surface area contributed by atoms with E-state index in [-0.39, 0.29) is 24.1 Å². The molecule has 2 saturated heterocycles. The summed E-state index contributed by atoms with van der Waals surface area (Å²) in [6, 6.07) is 1.92. The van der Waals surface area contributed by atoms with E-state index < -0.39 is 41.6 Å². The maximum atomic E-state index is 14.2. The maximum Gasteiger partial charge on any atom is 0.257 e. The first-order valence-corrected chi connectivity index (χ1v) is 10.2. The number of fused-ring (bicyclic) bond motifs is 1. The summed E-state index contributed by atoms with van der Waals surface area (Å²) in [6.07, 6.45) is 3.93. The van der Waals surface area contributed by atoms with Crippen molar-refractivity contribution >= 4 is 11.8 Å². The molecule has 1 saturated carbocycles. The second kappa shape index (κ2) is 7.65. The van der Waals surface area contributed by atoms with Crippen LogP contribution in [-0.4, -0.2) is 53.3 Å². The summed E-state index contributed by atoms with van der Waals surface area (Å²) in [4.78, 5) is 27.5. The molecule has 6 nitrogen and oxygen atoms in total. The molecule has 1 aromatic carbocycles. The molecule has 2 amide bonds. The predicted octanol–water partition coefficient (Wildman–Crippen LogP) is 2.76. The fourth-order valence-electron chi connectivity index (χ4n) is 4.61. The van der Waals surface area contributed by atoms with Crippen molar-refractivity contribution in [3.05, 3.63) is 35.4 Å². The van der Waals surface area contributed by atoms with Crippen LogP contribution in [0, 0.1) is 11.6 Å². The van der Waals surface area contributed by atoms with Crippen molar-refractivity contribution < 1.29 is 27.8 Å². The van der Waals surface area contributed by atoms with Crippen molar-refractivity contribution in [2.45, 2.75) is 76.0 Å². The van der Waals surface area contributed by atoms with Gasteiger partial charge in [0.15, 0.2) is 5.79 Å². The minimum atomic E-state index is -0.958. The second-order valence-electron chi connectivity index (χ2n) is 8.51. The Labute approximate surface area is 168 Å². The monoisotopic (exact) mass is 408 g/mol. The Balaban J connectivity index is 1.59. The van der Waals surface area contributed by atoms with Gasteiger partial charge in [-0.25, -0.2) is 8.78 Å². The molecule has 8 heteroatoms. The molecule has 2 aliphatic heterocycles. The molecule has 0 bridgehead atoms. The van der Waals surface area contributed by atoms with Gasteiger partial charge >= 0.3 is 0 Å². The summed E-state index contributed by atoms with van der Waals surface area (Å²) in [5.41, 5.74) is -0.277. The van der Waals surface area contributed by atoms with E-state index in [1.54, 1.807) is 13.8 Å². The molecule has 2 heterocycles. The van der Waals surface area contributed by atoms with Gasteiger partial charge in [-0.15, -0.1) is 0 Å². The van der Waals surface area contributed by atoms with Gasteiger partial charge in [0.1, 0.15) is 29.9 Å². The highest BCUT2D eigenvalue weighted by Crippen LogP contribution is 2.38. The van der Waals surface area contributed by atoms with E-state index in [2.05, 4.69) is 5.32 Å². The van der Waals surface area contributed by atoms with Crippen LogP contribution in [0.15, 0.2) is 18.2 Å². The second-order valence-corrected chi connectivity index (χ2v) is 8.51. The lowest BCUT2D eigenvalue weighted by Gasteiger charge is -2.31. The molecule has 0 aromatic heterocycles. The smallest absolute Gasteiger partial charge is 0.257 e. The number of carbonyl (C=O) groups excluding carboxylic acids is 2. The number of nitrogens with zero attached hydrogens (tertiary/aromatic N) is 1. The van der Waals surface area contributed by atoms with Crippen molar-refractivity contribution in [2.24, 2.45) is 0 Å². The van der Waals surface area contributed by atoms with E-state index in [0.29, 0.717) is 6.07 Å². The van der Waals surface area contributed by atoms with Gasteiger partial charge in [0, 0.05) is 12.1 Å². The predicted molar refractivity (Wildman–Crippen MR) is 100 cm³/mol. The molecular formula is C21H26F2N2O4. The Morgan fingerprint density at radius 3 is 2.55 bits per heavy atom. The number of halogens is 2. The lowest BCUT2D eigenvalue weighted by atomic mass is 9.95. The Bertz CT molecular complexity index is 810. The summed E-state index contributed by atoms with van der Waals surface area (Å²) in [7, 11) is 0. The highest BCUT2D eigenvalue weighted by atomic mass is 19.1. The third-order valence-electron chi connectivity index (χ3n) is 5.89. The van der Waals surface area contributed by atoms with E-state index in [1.807, 2.05) is 0 Å². The Morgan fingerprint density at radius 2 is 1.86 bits per heavy atom. The lowest BCUT2D eigenvalue weighted by Crippen LogP contribution is -2.53. The average molecular weight is 408 g/mol. The number of hydrogen-bond donors (Lipinski definition) is 1. The zero-order valence-corrected chi connectivity index (χ0v) is 16.6. The fourth-order valence-corrected chi connectivity index (χ4v) is 4.61. The molecule has 0 unspecified atom stereocenters. The summed E-state index contributed by atoms with van der Waals surface area (Å²) in [6.45, 7) is 3.62. The molecule has 1 N–H and O–H groups in total. The van der Waals surface area contributed by atoms with Crippen LogP contribution in [0.4, 0.5) is 8.78 Å². The van der Waals surface area contributed by atoms with E-state index >= 15 is 0 Å². The third-order valence-corrected chi connectivity index (χ3v) is 5.89. The first-order chi connectivity index (χ1) is 13.7. The van der Waals surface area contributed by atoms with E-state index in [9.17, 15) is 18.4 Å². The van der Waals surface area contributed by atoms with Gasteiger partial charge in [-0.2, -0.15) is 0 Å². The molecule has 3 atom stereocenters. The standard InChI is InChI=1S/C21H26F2N2O4/c1-21(2)28-16-11-25(20(27)14-9-8-12(22)10-15(14)23)17(18(16)29-21)19(26)24-13-6-4-3-5-7-13/h8-10,13,16-18H,3-7,11H2,1-2H3,(H,24,26)/t16-,17-,18-/m0/s1. The van der Waals surface area contributed by atoms with Crippen LogP contribution in [0.1, 0.15) is 56.3 Å². The van der Waals surface area contributed by atoms with Crippen LogP contribution in [0.25, 0.3) is 0 Å². The number of likely N-dealkylation sites (tertiary alicyclic amines) is 1. The molecule has 1 aromatic rings. The SMILES string of the molecule is CC1(C)O[C@H]2[C@H](CN(C(=O)c3ccc(F)cc3F)[C@@H]2C(=O)NC2CCCCC2)O1. The van der Waals surface area contributed by atoms with Gasteiger partial charge in [-0.1, -0.05) is 19.3 Å². The van der Waals surface area contributed by atoms with Crippen molar-refractivity contribution in [2.75, 3.05) is 6.54 Å². The third kappa shape index (κ3) is 4.00. The largest absolute Gasteiger partial charge is 0.351 e. The van der Waals surface area contributed by atoms with Crippen LogP contribution in [-0.2, 0) is 14.3 Å². The van der Waals surface area contributed by atoms with E-state index in [0.717, 1.165) is 44.2 Å². The Kier molecular flexibility index (Phi) is 5.33. The first kappa shape index (κ1) is 20.2. The molecule has 3 aliphatic rings. The van der Waals surface area contributed by atoms with Crippen LogP contribution in [0.3, 0.4) is 0 Å². The van der Waals surface area contributed by atoms with Crippen molar-refractivity contribution in [1.82, 2.24) is 10.2 Å². The van der Waals surface area contributed by atoms with Crippen molar-refractivity contribution in [1.29, 1.82) is 0 Å². The number of carbonyl (C=O) groups is 2. The van der Waals surface area contributed by atoms with E-state index in [1.165, 1.54) is 4.90 Å². The van der Waals surface area contributed by atoms with E-state index in [4.69, 9.17) is 9.47 Å². The number of hydrogen-bond acceptors (Lipinski definition) is 4.